The highest BCUT2D eigenvalue weighted by Crippen LogP contribution is 2.30. The summed E-state index contributed by atoms with van der Waals surface area (Å²) in [4.78, 5) is 193. The van der Waals surface area contributed by atoms with Crippen molar-refractivity contribution in [2.75, 3.05) is 70.5 Å². The number of para-hydroxylation sites is 1. The molecule has 3 heterocycles. The summed E-state index contributed by atoms with van der Waals surface area (Å²) < 4.78 is 36.0. The molecule has 1 aromatic heterocycles. The van der Waals surface area contributed by atoms with Gasteiger partial charge in [-0.1, -0.05) is 100 Å². The molecule has 644 valence electrons. The molecule has 114 heavy (non-hydrogen) atoms. The number of hydrogen-bond donors (Lipinski definition) is 11. The van der Waals surface area contributed by atoms with E-state index in [1.807, 2.05) is 58.9 Å². The third kappa shape index (κ3) is 34.4. The molecule has 28 nitrogen and oxygen atoms in total. The quantitative estimate of drug-likeness (QED) is 0.0275. The van der Waals surface area contributed by atoms with Gasteiger partial charge < -0.3 is 63.7 Å². The van der Waals surface area contributed by atoms with Gasteiger partial charge in [-0.2, -0.15) is 16.9 Å². The van der Waals surface area contributed by atoms with Gasteiger partial charge in [-0.05, 0) is 171 Å². The van der Waals surface area contributed by atoms with Crippen molar-refractivity contribution in [3.63, 3.8) is 0 Å². The number of aromatic nitrogens is 1. The Morgan fingerprint density at radius 1 is 0.605 bits per heavy atom. The average Bonchev–Trinajstić information content (AvgIpc) is 1.62. The Bertz CT molecular complexity index is 3550. The first-order chi connectivity index (χ1) is 54.1. The van der Waals surface area contributed by atoms with Crippen LogP contribution in [0.15, 0.2) is 30.5 Å². The lowest BCUT2D eigenvalue weighted by molar-refractivity contribution is -0.141. The summed E-state index contributed by atoms with van der Waals surface area (Å²) in [5.74, 6) is -13.3. The van der Waals surface area contributed by atoms with Crippen molar-refractivity contribution in [3.05, 3.63) is 36.0 Å². The standard InChI is InChI=1S/C84H140N12O16S2/c1-12-13-25-59-43-65(97)49-95(114(110,111)39-24-36-88-79(104)57(10)52-113)37-23-32-72(98)69(29-16-19-33-85)92-81(106)61(41-54(4)5)45-75(101)71(31-18-21-35-87)93-82(107)60(40-53(2)3)44-74(100)70(30-17-20-34-86)91-77(103)51-112-50-64-26-22-38-96(64)84(109)62(42-63-48-89-68-28-15-14-27-66(63)68)46-73(99)58(11)90-83(108)67(55(6)7)47-76(102)78(56(8)9)94-80(59)105/h14-15,27-28,48,53-62,64,67,69-71,78,89,113H,12-13,16-26,29-47,49-52,85-87H2,1-11H3,(H,88,104)(H,90,108)(H,91,103)(H,92,106)(H,93,107)(H,94,105). The number of nitrogens with one attached hydrogen (secondary N) is 7. The largest absolute Gasteiger partial charge is 0.370 e. The number of thiol groups is 1. The van der Waals surface area contributed by atoms with E-state index in [2.05, 4.69) is 49.5 Å². The predicted molar refractivity (Wildman–Crippen MR) is 446 cm³/mol. The van der Waals surface area contributed by atoms with Gasteiger partial charge in [0, 0.05) is 117 Å². The molecular weight excluding hydrogens is 1500 g/mol. The molecule has 0 aliphatic carbocycles. The number of benzene rings is 1. The van der Waals surface area contributed by atoms with E-state index in [1.54, 1.807) is 45.7 Å². The maximum atomic E-state index is 15.1. The van der Waals surface area contributed by atoms with Crippen molar-refractivity contribution < 1.29 is 75.5 Å². The average molecular weight is 1640 g/mol. The molecule has 2 aliphatic heterocycles. The number of ketones is 6. The number of H-pyrrole nitrogens is 1. The number of rotatable bonds is 30. The number of unbranched alkanes of at least 4 members (excludes halogenated alkanes) is 4. The van der Waals surface area contributed by atoms with Crippen LogP contribution in [0, 0.1) is 59.2 Å². The second kappa shape index (κ2) is 52.1. The molecule has 1 aromatic carbocycles. The third-order valence-corrected chi connectivity index (χ3v) is 24.4. The van der Waals surface area contributed by atoms with Crippen molar-refractivity contribution >= 4 is 110 Å². The van der Waals surface area contributed by atoms with Crippen LogP contribution in [0.1, 0.15) is 236 Å². The van der Waals surface area contributed by atoms with Gasteiger partial charge in [0.1, 0.15) is 12.4 Å². The number of ether oxygens (including phenoxy) is 1. The first-order valence-electron chi connectivity index (χ1n) is 42.2. The Morgan fingerprint density at radius 2 is 1.17 bits per heavy atom. The Labute approximate surface area is 683 Å². The fourth-order valence-corrected chi connectivity index (χ4v) is 16.8. The minimum absolute atomic E-state index is 0.0156. The molecule has 2 saturated heterocycles. The summed E-state index contributed by atoms with van der Waals surface area (Å²) in [5, 5.41) is 18.1. The summed E-state index contributed by atoms with van der Waals surface area (Å²) in [6, 6.07) is 1.53. The molecule has 2 fully saturated rings. The van der Waals surface area contributed by atoms with Crippen LogP contribution < -0.4 is 49.1 Å². The van der Waals surface area contributed by atoms with E-state index in [-0.39, 0.29) is 146 Å². The van der Waals surface area contributed by atoms with Gasteiger partial charge in [0.15, 0.2) is 28.9 Å². The van der Waals surface area contributed by atoms with Gasteiger partial charge in [0.05, 0.1) is 55.2 Å². The molecule has 2 aromatic rings. The maximum absolute atomic E-state index is 15.1. The number of Topliss-reactive ketones (excluding diaryl/α,β-unsaturated/α-hetero) is 6. The van der Waals surface area contributed by atoms with Crippen LogP contribution in [-0.2, 0) is 83.5 Å². The number of carbonyl (C=O) groups is 13. The zero-order valence-electron chi connectivity index (χ0n) is 70.1. The lowest BCUT2D eigenvalue weighted by Crippen LogP contribution is -2.50. The minimum Gasteiger partial charge on any atom is -0.370 e. The van der Waals surface area contributed by atoms with Crippen LogP contribution in [0.2, 0.25) is 0 Å². The molecule has 7 amide bonds. The number of fused-ring (bicyclic) bond motifs is 2. The predicted octanol–water partition coefficient (Wildman–Crippen LogP) is 7.09. The third-order valence-electron chi connectivity index (χ3n) is 21.9. The lowest BCUT2D eigenvalue weighted by Gasteiger charge is -2.30. The molecule has 12 atom stereocenters. The van der Waals surface area contributed by atoms with Crippen molar-refractivity contribution in [2.45, 2.75) is 273 Å². The van der Waals surface area contributed by atoms with Crippen molar-refractivity contribution in [1.82, 2.24) is 46.1 Å². The highest BCUT2D eigenvalue weighted by atomic mass is 32.2. The highest BCUT2D eigenvalue weighted by molar-refractivity contribution is 7.89. The number of carbonyl (C=O) groups excluding carboxylic acids is 13. The Kier molecular flexibility index (Phi) is 45.5. The molecular formula is C84H140N12O16S2. The van der Waals surface area contributed by atoms with Crippen molar-refractivity contribution in [3.8, 4) is 0 Å². The van der Waals surface area contributed by atoms with Crippen LogP contribution in [-0.4, -0.2) is 205 Å². The molecule has 0 saturated carbocycles. The van der Waals surface area contributed by atoms with Crippen molar-refractivity contribution in [1.29, 1.82) is 0 Å². The van der Waals surface area contributed by atoms with Crippen LogP contribution in [0.25, 0.3) is 10.9 Å². The van der Waals surface area contributed by atoms with Gasteiger partial charge >= 0.3 is 0 Å². The van der Waals surface area contributed by atoms with E-state index in [9.17, 15) is 66.0 Å². The molecule has 30 heteroatoms. The van der Waals surface area contributed by atoms with E-state index in [1.165, 1.54) is 6.92 Å². The fraction of sp³-hybridized carbons (Fsp3) is 0.750. The van der Waals surface area contributed by atoms with Gasteiger partial charge in [0.2, 0.25) is 51.4 Å². The van der Waals surface area contributed by atoms with E-state index in [0.717, 1.165) is 20.8 Å². The number of amides is 7. The van der Waals surface area contributed by atoms with Gasteiger partial charge in [-0.25, -0.2) is 8.42 Å². The highest BCUT2D eigenvalue weighted by Gasteiger charge is 2.40. The number of aromatic amines is 1. The Morgan fingerprint density at radius 3 is 1.72 bits per heavy atom. The summed E-state index contributed by atoms with van der Waals surface area (Å²) >= 11 is 4.20. The Balaban J connectivity index is 1.82. The molecule has 2 aliphatic rings. The normalized spacial score (nSPS) is 24.8. The summed E-state index contributed by atoms with van der Waals surface area (Å²) in [6.07, 6.45) is 6.07. The van der Waals surface area contributed by atoms with E-state index < -0.39 is 183 Å². The molecule has 0 spiro atoms. The smallest absolute Gasteiger partial charge is 0.246 e. The summed E-state index contributed by atoms with van der Waals surface area (Å²) in [7, 11) is -4.33. The fourth-order valence-electron chi connectivity index (χ4n) is 15.1. The minimum atomic E-state index is -4.33. The van der Waals surface area contributed by atoms with Crippen LogP contribution in [0.3, 0.4) is 0 Å². The first-order valence-corrected chi connectivity index (χ1v) is 44.4. The van der Waals surface area contributed by atoms with Crippen molar-refractivity contribution in [2.24, 2.45) is 76.4 Å². The Hall–Kier alpha value is -6.83. The van der Waals surface area contributed by atoms with Crippen LogP contribution >= 0.6 is 12.6 Å². The number of hydrogen-bond acceptors (Lipinski definition) is 20. The number of nitrogens with zero attached hydrogens (tertiary/aromatic N) is 2. The maximum Gasteiger partial charge on any atom is 0.246 e. The molecule has 12 unspecified atom stereocenters. The van der Waals surface area contributed by atoms with E-state index in [4.69, 9.17) is 21.9 Å². The molecule has 0 bridgehead atoms. The second-order valence-electron chi connectivity index (χ2n) is 33.4. The molecule has 13 N–H and O–H groups in total. The van der Waals surface area contributed by atoms with Gasteiger partial charge in [0.25, 0.3) is 0 Å². The number of sulfonamides is 1. The van der Waals surface area contributed by atoms with Gasteiger partial charge in [-0.3, -0.25) is 62.3 Å². The SMILES string of the molecule is CCCCC1CC(=O)CN(S(=O)(=O)CCCNC(=O)C(C)CS)CCCC(=O)C(CCCCN)NC(=O)C(CC(C)C)CC(=O)C(CCCCN)NC(=O)C(CC(C)C)CC(=O)C(CCCCN)NC(=O)COCC2CCCN2C(=O)C(Cc2c[nH]c3ccccc23)CC(=O)C(C)NC(=O)C(C(C)C)CC(=O)C(C(C)C)NC1=O. The van der Waals surface area contributed by atoms with Crippen LogP contribution in [0.5, 0.6) is 0 Å². The zero-order valence-corrected chi connectivity index (χ0v) is 71.8. The second-order valence-corrected chi connectivity index (χ2v) is 35.8. The van der Waals surface area contributed by atoms with Crippen LogP contribution in [0.4, 0.5) is 0 Å². The summed E-state index contributed by atoms with van der Waals surface area (Å²) in [5.41, 5.74) is 19.4. The van der Waals surface area contributed by atoms with Gasteiger partial charge in [-0.15, -0.1) is 0 Å². The summed E-state index contributed by atoms with van der Waals surface area (Å²) in [6.45, 7) is 19.3. The number of nitrogens with two attached hydrogens (primary N) is 3. The zero-order chi connectivity index (χ0) is 84.8. The monoisotopic (exact) mass is 1640 g/mol. The van der Waals surface area contributed by atoms with E-state index in [0.29, 0.717) is 83.8 Å². The topological polar surface area (TPSA) is 438 Å². The van der Waals surface area contributed by atoms with E-state index >= 15 is 4.79 Å². The lowest BCUT2D eigenvalue weighted by atomic mass is 9.85. The molecule has 4 rings (SSSR count). The molecule has 0 radical (unpaired) electrons. The first kappa shape index (κ1) is 99.5.